The van der Waals surface area contributed by atoms with Crippen molar-refractivity contribution in [1.29, 1.82) is 0 Å². The smallest absolute Gasteiger partial charge is 0.272 e. The predicted molar refractivity (Wildman–Crippen MR) is 59.6 cm³/mol. The second-order valence-electron chi connectivity index (χ2n) is 4.06. The number of rotatable bonds is 2. The summed E-state index contributed by atoms with van der Waals surface area (Å²) in [5.74, 6) is 0. The standard InChI is InChI=1S/C11H13FN2O2/c1-8-6-10(2-3-11(8)14(15)16)13-5-4-9(12)7-13/h2-3,6,9H,4-5,7H2,1H3/t9-/m0/s1. The Morgan fingerprint density at radius 1 is 1.56 bits per heavy atom. The summed E-state index contributed by atoms with van der Waals surface area (Å²) < 4.78 is 13.0. The highest BCUT2D eigenvalue weighted by atomic mass is 19.1. The predicted octanol–water partition coefficient (Wildman–Crippen LogP) is 2.45. The SMILES string of the molecule is Cc1cc(N2CC[C@H](F)C2)ccc1[N+](=O)[O-]. The van der Waals surface area contributed by atoms with Crippen LogP contribution in [-0.4, -0.2) is 24.2 Å². The Morgan fingerprint density at radius 3 is 2.81 bits per heavy atom. The summed E-state index contributed by atoms with van der Waals surface area (Å²) in [6, 6.07) is 4.91. The summed E-state index contributed by atoms with van der Waals surface area (Å²) in [6.45, 7) is 2.76. The van der Waals surface area contributed by atoms with Gasteiger partial charge in [-0.1, -0.05) is 0 Å². The highest BCUT2D eigenvalue weighted by Crippen LogP contribution is 2.27. The van der Waals surface area contributed by atoms with Gasteiger partial charge in [0.05, 0.1) is 4.92 Å². The molecule has 0 aliphatic carbocycles. The number of aryl methyl sites for hydroxylation is 1. The first-order chi connectivity index (χ1) is 7.58. The number of nitro benzene ring substituents is 1. The molecule has 1 aliphatic heterocycles. The third-order valence-electron chi connectivity index (χ3n) is 2.87. The largest absolute Gasteiger partial charge is 0.368 e. The van der Waals surface area contributed by atoms with Crippen molar-refractivity contribution in [3.8, 4) is 0 Å². The quantitative estimate of drug-likeness (QED) is 0.572. The second-order valence-corrected chi connectivity index (χ2v) is 4.06. The maximum atomic E-state index is 13.0. The van der Waals surface area contributed by atoms with Gasteiger partial charge in [-0.15, -0.1) is 0 Å². The maximum absolute atomic E-state index is 13.0. The van der Waals surface area contributed by atoms with Crippen LogP contribution in [0.1, 0.15) is 12.0 Å². The van der Waals surface area contributed by atoms with Crippen molar-refractivity contribution in [2.24, 2.45) is 0 Å². The molecular formula is C11H13FN2O2. The van der Waals surface area contributed by atoms with Crippen molar-refractivity contribution >= 4 is 11.4 Å². The van der Waals surface area contributed by atoms with Crippen LogP contribution >= 0.6 is 0 Å². The molecule has 1 aromatic rings. The number of benzene rings is 1. The summed E-state index contributed by atoms with van der Waals surface area (Å²) in [5, 5.41) is 10.6. The molecule has 0 unspecified atom stereocenters. The number of nitrogens with zero attached hydrogens (tertiary/aromatic N) is 2. The minimum atomic E-state index is -0.782. The lowest BCUT2D eigenvalue weighted by molar-refractivity contribution is -0.385. The Kier molecular flexibility index (Phi) is 2.77. The molecule has 1 saturated heterocycles. The van der Waals surface area contributed by atoms with Crippen LogP contribution < -0.4 is 4.90 Å². The van der Waals surface area contributed by atoms with Gasteiger partial charge in [0.15, 0.2) is 0 Å². The van der Waals surface area contributed by atoms with E-state index in [9.17, 15) is 14.5 Å². The number of anilines is 1. The maximum Gasteiger partial charge on any atom is 0.272 e. The van der Waals surface area contributed by atoms with Crippen molar-refractivity contribution in [2.75, 3.05) is 18.0 Å². The van der Waals surface area contributed by atoms with Crippen molar-refractivity contribution in [2.45, 2.75) is 19.5 Å². The molecule has 5 heteroatoms. The van der Waals surface area contributed by atoms with Gasteiger partial charge in [0.25, 0.3) is 5.69 Å². The lowest BCUT2D eigenvalue weighted by Gasteiger charge is -2.17. The van der Waals surface area contributed by atoms with E-state index in [0.29, 0.717) is 25.1 Å². The molecule has 0 amide bonds. The van der Waals surface area contributed by atoms with E-state index in [4.69, 9.17) is 0 Å². The molecular weight excluding hydrogens is 211 g/mol. The van der Waals surface area contributed by atoms with Gasteiger partial charge in [-0.2, -0.15) is 0 Å². The van der Waals surface area contributed by atoms with Crippen LogP contribution in [0.25, 0.3) is 0 Å². The molecule has 0 aromatic heterocycles. The number of halogens is 1. The van der Waals surface area contributed by atoms with E-state index in [1.807, 2.05) is 4.90 Å². The summed E-state index contributed by atoms with van der Waals surface area (Å²) in [6.07, 6.45) is -0.244. The number of hydrogen-bond donors (Lipinski definition) is 0. The molecule has 0 N–H and O–H groups in total. The van der Waals surface area contributed by atoms with Crippen molar-refractivity contribution in [3.05, 3.63) is 33.9 Å². The van der Waals surface area contributed by atoms with Crippen molar-refractivity contribution in [1.82, 2.24) is 0 Å². The zero-order chi connectivity index (χ0) is 11.7. The molecule has 1 fully saturated rings. The fourth-order valence-electron chi connectivity index (χ4n) is 1.99. The first-order valence-electron chi connectivity index (χ1n) is 5.22. The van der Waals surface area contributed by atoms with Gasteiger partial charge >= 0.3 is 0 Å². The van der Waals surface area contributed by atoms with E-state index < -0.39 is 11.1 Å². The summed E-state index contributed by atoms with van der Waals surface area (Å²) >= 11 is 0. The third-order valence-corrected chi connectivity index (χ3v) is 2.87. The van der Waals surface area contributed by atoms with Gasteiger partial charge in [0, 0.05) is 30.4 Å². The molecule has 1 aliphatic rings. The average Bonchev–Trinajstić information content (AvgIpc) is 2.64. The number of hydrogen-bond acceptors (Lipinski definition) is 3. The molecule has 1 atom stereocenters. The van der Waals surface area contributed by atoms with Crippen LogP contribution in [0.4, 0.5) is 15.8 Å². The molecule has 16 heavy (non-hydrogen) atoms. The fraction of sp³-hybridized carbons (Fsp3) is 0.455. The van der Waals surface area contributed by atoms with Gasteiger partial charge in [-0.05, 0) is 25.5 Å². The van der Waals surface area contributed by atoms with Crippen LogP contribution in [0.5, 0.6) is 0 Å². The van der Waals surface area contributed by atoms with E-state index in [-0.39, 0.29) is 5.69 Å². The topological polar surface area (TPSA) is 46.4 Å². The Balaban J connectivity index is 2.24. The van der Waals surface area contributed by atoms with E-state index in [1.165, 1.54) is 6.07 Å². The van der Waals surface area contributed by atoms with Gasteiger partial charge in [0.2, 0.25) is 0 Å². The molecule has 0 spiro atoms. The number of alkyl halides is 1. The van der Waals surface area contributed by atoms with Crippen molar-refractivity contribution in [3.63, 3.8) is 0 Å². The molecule has 0 radical (unpaired) electrons. The summed E-state index contributed by atoms with van der Waals surface area (Å²) in [4.78, 5) is 12.2. The molecule has 86 valence electrons. The minimum absolute atomic E-state index is 0.111. The first-order valence-corrected chi connectivity index (χ1v) is 5.22. The lowest BCUT2D eigenvalue weighted by Crippen LogP contribution is -2.19. The van der Waals surface area contributed by atoms with Crippen LogP contribution in [-0.2, 0) is 0 Å². The average molecular weight is 224 g/mol. The zero-order valence-corrected chi connectivity index (χ0v) is 9.02. The van der Waals surface area contributed by atoms with Crippen molar-refractivity contribution < 1.29 is 9.31 Å². The third kappa shape index (κ3) is 1.98. The van der Waals surface area contributed by atoms with Gasteiger partial charge < -0.3 is 4.90 Å². The molecule has 2 rings (SSSR count). The van der Waals surface area contributed by atoms with Gasteiger partial charge in [-0.25, -0.2) is 4.39 Å². The van der Waals surface area contributed by atoms with E-state index in [2.05, 4.69) is 0 Å². The lowest BCUT2D eigenvalue weighted by atomic mass is 10.1. The minimum Gasteiger partial charge on any atom is -0.368 e. The highest BCUT2D eigenvalue weighted by molar-refractivity contribution is 5.55. The van der Waals surface area contributed by atoms with Crippen LogP contribution in [0.2, 0.25) is 0 Å². The zero-order valence-electron chi connectivity index (χ0n) is 9.02. The van der Waals surface area contributed by atoms with E-state index in [0.717, 1.165) is 5.69 Å². The van der Waals surface area contributed by atoms with E-state index >= 15 is 0 Å². The highest BCUT2D eigenvalue weighted by Gasteiger charge is 2.23. The second kappa shape index (κ2) is 4.08. The van der Waals surface area contributed by atoms with E-state index in [1.54, 1.807) is 19.1 Å². The number of nitro groups is 1. The molecule has 1 aromatic carbocycles. The molecule has 0 bridgehead atoms. The van der Waals surface area contributed by atoms with Crippen LogP contribution in [0.15, 0.2) is 18.2 Å². The Labute approximate surface area is 92.8 Å². The summed E-state index contributed by atoms with van der Waals surface area (Å²) in [5.41, 5.74) is 1.59. The normalized spacial score (nSPS) is 20.1. The Bertz CT molecular complexity index is 422. The van der Waals surface area contributed by atoms with Crippen LogP contribution in [0.3, 0.4) is 0 Å². The van der Waals surface area contributed by atoms with Gasteiger partial charge in [0.1, 0.15) is 6.17 Å². The molecule has 0 saturated carbocycles. The first kappa shape index (κ1) is 10.9. The van der Waals surface area contributed by atoms with Crippen LogP contribution in [0, 0.1) is 17.0 Å². The Morgan fingerprint density at radius 2 is 2.31 bits per heavy atom. The summed E-state index contributed by atoms with van der Waals surface area (Å²) in [7, 11) is 0. The fourth-order valence-corrected chi connectivity index (χ4v) is 1.99. The Hall–Kier alpha value is -1.65. The molecule has 1 heterocycles. The molecule has 4 nitrogen and oxygen atoms in total. The monoisotopic (exact) mass is 224 g/mol. The van der Waals surface area contributed by atoms with Gasteiger partial charge in [-0.3, -0.25) is 10.1 Å².